The van der Waals surface area contributed by atoms with Crippen LogP contribution in [-0.4, -0.2) is 25.4 Å². The maximum Gasteiger partial charge on any atom is 0.253 e. The summed E-state index contributed by atoms with van der Waals surface area (Å²) >= 11 is 1.58. The van der Waals surface area contributed by atoms with E-state index in [9.17, 15) is 4.79 Å². The lowest BCUT2D eigenvalue weighted by molar-refractivity contribution is 0.0962. The van der Waals surface area contributed by atoms with E-state index in [0.717, 1.165) is 17.9 Å². The summed E-state index contributed by atoms with van der Waals surface area (Å²) in [5.74, 6) is 1.64. The molecule has 4 aromatic rings. The van der Waals surface area contributed by atoms with Crippen molar-refractivity contribution < 1.29 is 4.79 Å². The minimum atomic E-state index is 0.124. The number of Topliss-reactive ketones (excluding diaryl/α,β-unsaturated/α-hetero) is 1. The molecule has 1 unspecified atom stereocenters. The molecule has 2 heterocycles. The van der Waals surface area contributed by atoms with Crippen LogP contribution in [0.25, 0.3) is 5.78 Å². The minimum absolute atomic E-state index is 0.124. The number of ketones is 1. The molecule has 0 aliphatic heterocycles. The number of fused-ring (bicyclic) bond motifs is 2. The predicted octanol–water partition coefficient (Wildman–Crippen LogP) is 4.64. The molecule has 2 aromatic carbocycles. The number of aryl methyl sites for hydroxylation is 1. The first-order valence-corrected chi connectivity index (χ1v) is 10.7. The van der Waals surface area contributed by atoms with Crippen LogP contribution in [-0.2, 0) is 12.2 Å². The van der Waals surface area contributed by atoms with Crippen molar-refractivity contribution in [2.45, 2.75) is 36.6 Å². The van der Waals surface area contributed by atoms with Gasteiger partial charge in [-0.3, -0.25) is 4.79 Å². The summed E-state index contributed by atoms with van der Waals surface area (Å²) in [6.07, 6.45) is 3.05. The van der Waals surface area contributed by atoms with Gasteiger partial charge in [0.25, 0.3) is 5.78 Å². The highest BCUT2D eigenvalue weighted by Gasteiger charge is 2.28. The normalized spacial score (nSPS) is 16.2. The lowest BCUT2D eigenvalue weighted by Gasteiger charge is -2.22. The van der Waals surface area contributed by atoms with Crippen molar-refractivity contribution in [1.82, 2.24) is 19.6 Å². The van der Waals surface area contributed by atoms with Crippen LogP contribution >= 0.6 is 11.8 Å². The first kappa shape index (κ1) is 18.1. The highest BCUT2D eigenvalue weighted by atomic mass is 32.2. The molecule has 29 heavy (non-hydrogen) atoms. The SMILES string of the molecule is Cc1ccc(CSc2nc3nc4c(cn3n2)C(=O)CC(c2ccccc2)C4)cc1. The van der Waals surface area contributed by atoms with E-state index >= 15 is 0 Å². The van der Waals surface area contributed by atoms with Gasteiger partial charge in [0.05, 0.1) is 11.3 Å². The number of benzene rings is 2. The van der Waals surface area contributed by atoms with Crippen molar-refractivity contribution in [3.8, 4) is 0 Å². The Balaban J connectivity index is 1.40. The van der Waals surface area contributed by atoms with Gasteiger partial charge in [-0.15, -0.1) is 5.10 Å². The van der Waals surface area contributed by atoms with Crippen molar-refractivity contribution in [3.05, 3.63) is 88.7 Å². The average Bonchev–Trinajstić information content (AvgIpc) is 3.14. The van der Waals surface area contributed by atoms with Gasteiger partial charge in [0.1, 0.15) is 0 Å². The molecule has 0 saturated heterocycles. The van der Waals surface area contributed by atoms with E-state index in [4.69, 9.17) is 0 Å². The summed E-state index contributed by atoms with van der Waals surface area (Å²) in [6, 6.07) is 18.7. The lowest BCUT2D eigenvalue weighted by Crippen LogP contribution is -2.21. The number of thioether (sulfide) groups is 1. The van der Waals surface area contributed by atoms with Crippen molar-refractivity contribution >= 4 is 23.3 Å². The van der Waals surface area contributed by atoms with Crippen LogP contribution in [0.1, 0.15) is 45.1 Å². The van der Waals surface area contributed by atoms with Crippen LogP contribution in [0.4, 0.5) is 0 Å². The predicted molar refractivity (Wildman–Crippen MR) is 113 cm³/mol. The Kier molecular flexibility index (Phi) is 4.64. The van der Waals surface area contributed by atoms with E-state index in [2.05, 4.69) is 58.4 Å². The van der Waals surface area contributed by atoms with Crippen LogP contribution in [0.15, 0.2) is 66.0 Å². The van der Waals surface area contributed by atoms with Crippen molar-refractivity contribution in [2.75, 3.05) is 0 Å². The Morgan fingerprint density at radius 1 is 1.03 bits per heavy atom. The Morgan fingerprint density at radius 3 is 2.62 bits per heavy atom. The van der Waals surface area contributed by atoms with Gasteiger partial charge in [0.15, 0.2) is 5.78 Å². The zero-order valence-electron chi connectivity index (χ0n) is 16.1. The van der Waals surface area contributed by atoms with Gasteiger partial charge in [-0.2, -0.15) is 4.98 Å². The molecular formula is C23H20N4OS. The van der Waals surface area contributed by atoms with E-state index in [1.807, 2.05) is 18.2 Å². The fourth-order valence-electron chi connectivity index (χ4n) is 3.72. The third-order valence-corrected chi connectivity index (χ3v) is 6.23. The summed E-state index contributed by atoms with van der Waals surface area (Å²) < 4.78 is 1.64. The van der Waals surface area contributed by atoms with Crippen LogP contribution in [0, 0.1) is 6.92 Å². The number of nitrogens with zero attached hydrogens (tertiary/aromatic N) is 4. The second-order valence-electron chi connectivity index (χ2n) is 7.45. The number of carbonyl (C=O) groups excluding carboxylic acids is 1. The zero-order valence-corrected chi connectivity index (χ0v) is 16.9. The molecule has 0 bridgehead atoms. The van der Waals surface area contributed by atoms with Crippen LogP contribution in [0.2, 0.25) is 0 Å². The monoisotopic (exact) mass is 400 g/mol. The molecular weight excluding hydrogens is 380 g/mol. The summed E-state index contributed by atoms with van der Waals surface area (Å²) in [4.78, 5) is 22.0. The largest absolute Gasteiger partial charge is 0.294 e. The molecule has 6 heteroatoms. The van der Waals surface area contributed by atoms with E-state index in [0.29, 0.717) is 22.9 Å². The number of hydrogen-bond donors (Lipinski definition) is 0. The van der Waals surface area contributed by atoms with Crippen molar-refractivity contribution in [3.63, 3.8) is 0 Å². The van der Waals surface area contributed by atoms with Crippen LogP contribution < -0.4 is 0 Å². The Labute approximate surface area is 173 Å². The topological polar surface area (TPSA) is 60.1 Å². The van der Waals surface area contributed by atoms with Crippen molar-refractivity contribution in [2.24, 2.45) is 0 Å². The van der Waals surface area contributed by atoms with Gasteiger partial charge in [-0.25, -0.2) is 9.50 Å². The maximum absolute atomic E-state index is 12.8. The molecule has 2 aromatic heterocycles. The quantitative estimate of drug-likeness (QED) is 0.467. The third-order valence-electron chi connectivity index (χ3n) is 5.32. The van der Waals surface area contributed by atoms with Gasteiger partial charge in [0, 0.05) is 18.4 Å². The highest BCUT2D eigenvalue weighted by Crippen LogP contribution is 2.32. The molecule has 5 rings (SSSR count). The van der Waals surface area contributed by atoms with Gasteiger partial charge in [0.2, 0.25) is 5.16 Å². The van der Waals surface area contributed by atoms with E-state index < -0.39 is 0 Å². The number of aromatic nitrogens is 4. The first-order valence-electron chi connectivity index (χ1n) is 9.68. The summed E-state index contributed by atoms with van der Waals surface area (Å²) in [5, 5.41) is 5.19. The second kappa shape index (κ2) is 7.44. The molecule has 0 saturated carbocycles. The summed E-state index contributed by atoms with van der Waals surface area (Å²) in [5.41, 5.74) is 5.16. The fourth-order valence-corrected chi connectivity index (χ4v) is 4.50. The molecule has 1 atom stereocenters. The fraction of sp³-hybridized carbons (Fsp3) is 0.217. The molecule has 0 amide bonds. The molecule has 144 valence electrons. The van der Waals surface area contributed by atoms with Gasteiger partial charge >= 0.3 is 0 Å². The average molecular weight is 401 g/mol. The number of hydrogen-bond acceptors (Lipinski definition) is 5. The Morgan fingerprint density at radius 2 is 1.83 bits per heavy atom. The molecule has 1 aliphatic rings. The third kappa shape index (κ3) is 3.68. The second-order valence-corrected chi connectivity index (χ2v) is 8.40. The first-order chi connectivity index (χ1) is 14.2. The molecule has 1 aliphatic carbocycles. The minimum Gasteiger partial charge on any atom is -0.294 e. The lowest BCUT2D eigenvalue weighted by atomic mass is 9.82. The molecule has 0 fully saturated rings. The van der Waals surface area contributed by atoms with E-state index in [-0.39, 0.29) is 11.7 Å². The number of carbonyl (C=O) groups is 1. The molecule has 0 radical (unpaired) electrons. The van der Waals surface area contributed by atoms with Gasteiger partial charge in [-0.1, -0.05) is 71.9 Å². The molecule has 5 nitrogen and oxygen atoms in total. The maximum atomic E-state index is 12.8. The Bertz CT molecular complexity index is 1180. The smallest absolute Gasteiger partial charge is 0.253 e. The molecule has 0 spiro atoms. The molecule has 0 N–H and O–H groups in total. The standard InChI is InChI=1S/C23H20N4OS/c1-15-7-9-16(10-8-15)14-29-23-25-22-24-20-11-18(17-5-3-2-4-6-17)12-21(28)19(20)13-27(22)26-23/h2-10,13,18H,11-12,14H2,1H3. The van der Waals surface area contributed by atoms with E-state index in [1.165, 1.54) is 16.7 Å². The highest BCUT2D eigenvalue weighted by molar-refractivity contribution is 7.98. The van der Waals surface area contributed by atoms with Gasteiger partial charge < -0.3 is 0 Å². The van der Waals surface area contributed by atoms with Gasteiger partial charge in [-0.05, 0) is 30.4 Å². The zero-order chi connectivity index (χ0) is 19.8. The summed E-state index contributed by atoms with van der Waals surface area (Å²) in [6.45, 7) is 2.08. The Hall–Kier alpha value is -2.99. The van der Waals surface area contributed by atoms with E-state index in [1.54, 1.807) is 22.5 Å². The van der Waals surface area contributed by atoms with Crippen LogP contribution in [0.5, 0.6) is 0 Å². The summed E-state index contributed by atoms with van der Waals surface area (Å²) in [7, 11) is 0. The van der Waals surface area contributed by atoms with Crippen molar-refractivity contribution in [1.29, 1.82) is 0 Å². The number of rotatable bonds is 4. The van der Waals surface area contributed by atoms with Crippen LogP contribution in [0.3, 0.4) is 0 Å².